The van der Waals surface area contributed by atoms with Crippen LogP contribution in [-0.4, -0.2) is 24.3 Å². The minimum Gasteiger partial charge on any atom is -0.444 e. The highest BCUT2D eigenvalue weighted by Gasteiger charge is 2.27. The molecule has 0 saturated heterocycles. The monoisotopic (exact) mass is 381 g/mol. The number of carbonyl (C=O) groups excluding carboxylic acids is 1. The lowest BCUT2D eigenvalue weighted by Gasteiger charge is -2.36. The van der Waals surface area contributed by atoms with Crippen LogP contribution < -0.4 is 10.2 Å². The Morgan fingerprint density at radius 1 is 1.32 bits per heavy atom. The van der Waals surface area contributed by atoms with E-state index in [9.17, 15) is 9.18 Å². The van der Waals surface area contributed by atoms with Crippen LogP contribution in [0.2, 0.25) is 0 Å². The molecular formula is C22H24FN3O2. The van der Waals surface area contributed by atoms with E-state index in [0.717, 1.165) is 16.8 Å². The Hall–Kier alpha value is -3.07. The van der Waals surface area contributed by atoms with Crippen LogP contribution in [0, 0.1) is 17.1 Å². The van der Waals surface area contributed by atoms with Gasteiger partial charge in [-0.3, -0.25) is 0 Å². The second kappa shape index (κ2) is 7.89. The molecule has 0 fully saturated rings. The molecule has 0 radical (unpaired) electrons. The predicted octanol–water partition coefficient (Wildman–Crippen LogP) is 4.15. The summed E-state index contributed by atoms with van der Waals surface area (Å²) in [6.07, 6.45) is 0.268. The van der Waals surface area contributed by atoms with Crippen molar-refractivity contribution in [3.05, 3.63) is 65.0 Å². The maximum atomic E-state index is 13.6. The van der Waals surface area contributed by atoms with Crippen LogP contribution >= 0.6 is 0 Å². The SMILES string of the molecule is CC(C)(C)OC(=O)N[C@H]1Cc2ccccc2N(Cc2ccc(F)c(C#N)c2)C1. The second-order valence-corrected chi connectivity index (χ2v) is 7.98. The molecule has 1 atom stereocenters. The van der Waals surface area contributed by atoms with Crippen molar-refractivity contribution in [2.24, 2.45) is 0 Å². The Bertz CT molecular complexity index is 915. The fraction of sp³-hybridized carbons (Fsp3) is 0.364. The van der Waals surface area contributed by atoms with Gasteiger partial charge < -0.3 is 15.0 Å². The second-order valence-electron chi connectivity index (χ2n) is 7.98. The van der Waals surface area contributed by atoms with Crippen molar-refractivity contribution in [1.82, 2.24) is 5.32 Å². The average Bonchev–Trinajstić information content (AvgIpc) is 2.61. The number of carbonyl (C=O) groups is 1. The Labute approximate surface area is 164 Å². The molecule has 0 aliphatic carbocycles. The van der Waals surface area contributed by atoms with Gasteiger partial charge in [-0.25, -0.2) is 9.18 Å². The lowest BCUT2D eigenvalue weighted by Crippen LogP contribution is -2.49. The molecule has 6 heteroatoms. The molecule has 5 nitrogen and oxygen atoms in total. The summed E-state index contributed by atoms with van der Waals surface area (Å²) in [5, 5.41) is 12.0. The van der Waals surface area contributed by atoms with E-state index in [0.29, 0.717) is 19.5 Å². The summed E-state index contributed by atoms with van der Waals surface area (Å²) in [7, 11) is 0. The third kappa shape index (κ3) is 4.80. The maximum Gasteiger partial charge on any atom is 0.407 e. The molecule has 0 unspecified atom stereocenters. The van der Waals surface area contributed by atoms with E-state index in [4.69, 9.17) is 10.00 Å². The van der Waals surface area contributed by atoms with Gasteiger partial charge in [0.1, 0.15) is 17.5 Å². The highest BCUT2D eigenvalue weighted by molar-refractivity contribution is 5.69. The number of benzene rings is 2. The van der Waals surface area contributed by atoms with Crippen molar-refractivity contribution in [2.45, 2.75) is 45.4 Å². The fourth-order valence-electron chi connectivity index (χ4n) is 3.38. The zero-order valence-corrected chi connectivity index (χ0v) is 16.3. The van der Waals surface area contributed by atoms with E-state index >= 15 is 0 Å². The first-order chi connectivity index (χ1) is 13.2. The van der Waals surface area contributed by atoms with Gasteiger partial charge in [-0.15, -0.1) is 0 Å². The third-order valence-electron chi connectivity index (χ3n) is 4.48. The molecule has 0 saturated carbocycles. The first-order valence-corrected chi connectivity index (χ1v) is 9.26. The summed E-state index contributed by atoms with van der Waals surface area (Å²) in [6.45, 7) is 6.59. The lowest BCUT2D eigenvalue weighted by atomic mass is 9.97. The number of rotatable bonds is 3. The molecule has 28 heavy (non-hydrogen) atoms. The standard InChI is InChI=1S/C22H24FN3O2/c1-22(2,3)28-21(27)25-18-11-16-6-4-5-7-20(16)26(14-18)13-15-8-9-19(23)17(10-15)12-24/h4-10,18H,11,13-14H2,1-3H3,(H,25,27)/t18-/m0/s1. The highest BCUT2D eigenvalue weighted by atomic mass is 19.1. The van der Waals surface area contributed by atoms with Gasteiger partial charge in [0.25, 0.3) is 0 Å². The van der Waals surface area contributed by atoms with E-state index in [-0.39, 0.29) is 11.6 Å². The smallest absolute Gasteiger partial charge is 0.407 e. The van der Waals surface area contributed by atoms with E-state index in [1.165, 1.54) is 6.07 Å². The van der Waals surface area contributed by atoms with E-state index < -0.39 is 17.5 Å². The third-order valence-corrected chi connectivity index (χ3v) is 4.48. The molecule has 1 N–H and O–H groups in total. The number of halogens is 1. The van der Waals surface area contributed by atoms with Gasteiger partial charge in [-0.05, 0) is 56.5 Å². The number of amides is 1. The predicted molar refractivity (Wildman–Crippen MR) is 105 cm³/mol. The molecule has 1 amide bonds. The minimum atomic E-state index is -0.557. The Balaban J connectivity index is 1.80. The molecule has 0 aromatic heterocycles. The number of ether oxygens (including phenoxy) is 1. The maximum absolute atomic E-state index is 13.6. The van der Waals surface area contributed by atoms with Crippen molar-refractivity contribution in [2.75, 3.05) is 11.4 Å². The molecule has 1 aliphatic heterocycles. The molecule has 146 valence electrons. The Morgan fingerprint density at radius 2 is 2.07 bits per heavy atom. The van der Waals surface area contributed by atoms with Crippen LogP contribution in [0.5, 0.6) is 0 Å². The summed E-state index contributed by atoms with van der Waals surface area (Å²) in [6, 6.07) is 14.4. The average molecular weight is 381 g/mol. The molecule has 0 spiro atoms. The first kappa shape index (κ1) is 19.7. The molecule has 2 aromatic rings. The van der Waals surface area contributed by atoms with Gasteiger partial charge in [0, 0.05) is 18.8 Å². The van der Waals surface area contributed by atoms with Gasteiger partial charge >= 0.3 is 6.09 Å². The topological polar surface area (TPSA) is 65.4 Å². The van der Waals surface area contributed by atoms with Gasteiger partial charge in [0.05, 0.1) is 11.6 Å². The van der Waals surface area contributed by atoms with E-state index in [2.05, 4.69) is 10.2 Å². The molecule has 0 bridgehead atoms. The molecule has 1 aliphatic rings. The number of nitriles is 1. The van der Waals surface area contributed by atoms with E-state index in [1.54, 1.807) is 12.1 Å². The summed E-state index contributed by atoms with van der Waals surface area (Å²) in [4.78, 5) is 14.3. The van der Waals surface area contributed by atoms with Crippen LogP contribution in [0.3, 0.4) is 0 Å². The largest absolute Gasteiger partial charge is 0.444 e. The van der Waals surface area contributed by atoms with Crippen molar-refractivity contribution in [3.8, 4) is 6.07 Å². The quantitative estimate of drug-likeness (QED) is 0.867. The normalized spacial score (nSPS) is 16.1. The van der Waals surface area contributed by atoms with Crippen LogP contribution in [0.1, 0.15) is 37.5 Å². The summed E-state index contributed by atoms with van der Waals surface area (Å²) < 4.78 is 19.0. The number of nitrogens with zero attached hydrogens (tertiary/aromatic N) is 2. The number of nitrogens with one attached hydrogen (secondary N) is 1. The van der Waals surface area contributed by atoms with Crippen molar-refractivity contribution in [3.63, 3.8) is 0 Å². The highest BCUT2D eigenvalue weighted by Crippen LogP contribution is 2.29. The van der Waals surface area contributed by atoms with Crippen molar-refractivity contribution >= 4 is 11.8 Å². The van der Waals surface area contributed by atoms with Crippen molar-refractivity contribution in [1.29, 1.82) is 5.26 Å². The number of alkyl carbamates (subject to hydrolysis) is 1. The van der Waals surface area contributed by atoms with Gasteiger partial charge in [0.15, 0.2) is 0 Å². The number of para-hydroxylation sites is 1. The van der Waals surface area contributed by atoms with Crippen LogP contribution in [0.15, 0.2) is 42.5 Å². The van der Waals surface area contributed by atoms with Gasteiger partial charge in [0.2, 0.25) is 0 Å². The van der Waals surface area contributed by atoms with Gasteiger partial charge in [-0.2, -0.15) is 5.26 Å². The molecular weight excluding hydrogens is 357 g/mol. The van der Waals surface area contributed by atoms with Crippen molar-refractivity contribution < 1.29 is 13.9 Å². The Kier molecular flexibility index (Phi) is 5.55. The zero-order valence-electron chi connectivity index (χ0n) is 16.3. The number of anilines is 1. The van der Waals surface area contributed by atoms with Crippen LogP contribution in [0.4, 0.5) is 14.9 Å². The van der Waals surface area contributed by atoms with Gasteiger partial charge in [-0.1, -0.05) is 24.3 Å². The van der Waals surface area contributed by atoms with Crippen LogP contribution in [0.25, 0.3) is 0 Å². The minimum absolute atomic E-state index is 0.0335. The number of hydrogen-bond acceptors (Lipinski definition) is 4. The molecule has 2 aromatic carbocycles. The summed E-state index contributed by atoms with van der Waals surface area (Å²) in [5.74, 6) is -0.519. The number of fused-ring (bicyclic) bond motifs is 1. The zero-order chi connectivity index (χ0) is 20.3. The van der Waals surface area contributed by atoms with Crippen LogP contribution in [-0.2, 0) is 17.7 Å². The lowest BCUT2D eigenvalue weighted by molar-refractivity contribution is 0.0504. The summed E-state index contributed by atoms with van der Waals surface area (Å²) >= 11 is 0. The molecule has 1 heterocycles. The molecule has 3 rings (SSSR count). The first-order valence-electron chi connectivity index (χ1n) is 9.26. The summed E-state index contributed by atoms with van der Waals surface area (Å²) in [5.41, 5.74) is 2.51. The number of hydrogen-bond donors (Lipinski definition) is 1. The Morgan fingerprint density at radius 3 is 2.79 bits per heavy atom. The fourth-order valence-corrected chi connectivity index (χ4v) is 3.38. The van der Waals surface area contributed by atoms with E-state index in [1.807, 2.05) is 51.1 Å².